The second kappa shape index (κ2) is 12.6. The van der Waals surface area contributed by atoms with E-state index in [2.05, 4.69) is 36.6 Å². The average molecular weight is 582 g/mol. The number of amides is 1. The van der Waals surface area contributed by atoms with Crippen LogP contribution >= 0.6 is 15.9 Å². The molecule has 1 amide bonds. The Morgan fingerprint density at radius 1 is 0.947 bits per heavy atom. The fraction of sp³-hybridized carbons (Fsp3) is 0.321. The minimum Gasteiger partial charge on any atom is -0.494 e. The summed E-state index contributed by atoms with van der Waals surface area (Å²) in [6.45, 7) is 7.07. The number of carbonyl (C=O) groups is 1. The fourth-order valence-corrected chi connectivity index (χ4v) is 3.75. The molecule has 9 nitrogen and oxygen atoms in total. The standard InChI is InChI=1S/C28H32BrN5O4/c1-28(2,3)38-27(35)30-16-4-17-36-24-12-7-21(8-13-24)32-26-31-19-22-9-14-25(34(22)33-26)20-5-10-23(11-6-20)37-18-15-29/h5-14,19H,4,15-18H2,1-3H3,(H,30,35)(H,32,33). The molecule has 38 heavy (non-hydrogen) atoms. The lowest BCUT2D eigenvalue weighted by Gasteiger charge is -2.19. The van der Waals surface area contributed by atoms with Gasteiger partial charge in [-0.3, -0.25) is 0 Å². The number of fused-ring (bicyclic) bond motifs is 1. The highest BCUT2D eigenvalue weighted by atomic mass is 79.9. The maximum absolute atomic E-state index is 11.7. The lowest BCUT2D eigenvalue weighted by Crippen LogP contribution is -2.33. The largest absolute Gasteiger partial charge is 0.494 e. The molecule has 0 radical (unpaired) electrons. The molecule has 0 fully saturated rings. The van der Waals surface area contributed by atoms with Crippen LogP contribution in [0, 0.1) is 0 Å². The van der Waals surface area contributed by atoms with Crippen molar-refractivity contribution in [3.8, 4) is 22.8 Å². The van der Waals surface area contributed by atoms with Crippen LogP contribution in [0.1, 0.15) is 27.2 Å². The van der Waals surface area contributed by atoms with Crippen LogP contribution < -0.4 is 20.1 Å². The smallest absolute Gasteiger partial charge is 0.407 e. The van der Waals surface area contributed by atoms with Crippen LogP contribution in [0.4, 0.5) is 16.4 Å². The second-order valence-electron chi connectivity index (χ2n) is 9.48. The summed E-state index contributed by atoms with van der Waals surface area (Å²) in [5, 5.41) is 11.4. The number of ether oxygens (including phenoxy) is 3. The van der Waals surface area contributed by atoms with Crippen molar-refractivity contribution in [2.75, 3.05) is 30.4 Å². The monoisotopic (exact) mass is 581 g/mol. The summed E-state index contributed by atoms with van der Waals surface area (Å²) in [5.41, 5.74) is 3.22. The van der Waals surface area contributed by atoms with Crippen molar-refractivity contribution in [2.24, 2.45) is 0 Å². The molecule has 0 atom stereocenters. The number of alkyl carbamates (subject to hydrolysis) is 1. The Balaban J connectivity index is 1.31. The Morgan fingerprint density at radius 3 is 2.32 bits per heavy atom. The van der Waals surface area contributed by atoms with Crippen molar-refractivity contribution < 1.29 is 19.0 Å². The maximum Gasteiger partial charge on any atom is 0.407 e. The molecule has 0 aliphatic rings. The van der Waals surface area contributed by atoms with Gasteiger partial charge in [0.1, 0.15) is 17.1 Å². The van der Waals surface area contributed by atoms with Crippen LogP contribution in [-0.4, -0.2) is 51.4 Å². The Kier molecular flexibility index (Phi) is 9.06. The third kappa shape index (κ3) is 7.85. The summed E-state index contributed by atoms with van der Waals surface area (Å²) in [4.78, 5) is 16.1. The van der Waals surface area contributed by atoms with Gasteiger partial charge in [0.05, 0.1) is 30.6 Å². The Bertz CT molecular complexity index is 1330. The van der Waals surface area contributed by atoms with Gasteiger partial charge in [-0.05, 0) is 87.9 Å². The topological polar surface area (TPSA) is 99.0 Å². The Hall–Kier alpha value is -3.79. The first kappa shape index (κ1) is 27.3. The number of anilines is 2. The summed E-state index contributed by atoms with van der Waals surface area (Å²) in [6.07, 6.45) is 2.03. The normalized spacial score (nSPS) is 11.3. The molecule has 4 rings (SSSR count). The molecule has 2 heterocycles. The van der Waals surface area contributed by atoms with Gasteiger partial charge in [-0.25, -0.2) is 14.3 Å². The first-order valence-corrected chi connectivity index (χ1v) is 13.5. The zero-order chi connectivity index (χ0) is 27.0. The number of halogens is 1. The number of carbonyl (C=O) groups excluding carboxylic acids is 1. The van der Waals surface area contributed by atoms with Crippen molar-refractivity contribution in [3.63, 3.8) is 0 Å². The third-order valence-electron chi connectivity index (χ3n) is 5.26. The van der Waals surface area contributed by atoms with Crippen molar-refractivity contribution >= 4 is 39.2 Å². The molecule has 0 saturated heterocycles. The summed E-state index contributed by atoms with van der Waals surface area (Å²) in [7, 11) is 0. The van der Waals surface area contributed by atoms with Gasteiger partial charge >= 0.3 is 6.09 Å². The van der Waals surface area contributed by atoms with E-state index < -0.39 is 11.7 Å². The van der Waals surface area contributed by atoms with E-state index >= 15 is 0 Å². The Labute approximate surface area is 230 Å². The zero-order valence-electron chi connectivity index (χ0n) is 21.7. The first-order chi connectivity index (χ1) is 18.3. The minimum absolute atomic E-state index is 0.422. The molecule has 0 spiro atoms. The number of aromatic nitrogens is 3. The molecule has 10 heteroatoms. The number of nitrogens with one attached hydrogen (secondary N) is 2. The van der Waals surface area contributed by atoms with Crippen LogP contribution in [-0.2, 0) is 4.74 Å². The van der Waals surface area contributed by atoms with E-state index in [9.17, 15) is 4.79 Å². The number of nitrogens with zero attached hydrogens (tertiary/aromatic N) is 3. The zero-order valence-corrected chi connectivity index (χ0v) is 23.3. The van der Waals surface area contributed by atoms with Gasteiger partial charge in [-0.2, -0.15) is 0 Å². The van der Waals surface area contributed by atoms with Crippen LogP contribution in [0.3, 0.4) is 0 Å². The maximum atomic E-state index is 11.7. The number of alkyl halides is 1. The van der Waals surface area contributed by atoms with Crippen LogP contribution in [0.2, 0.25) is 0 Å². The van der Waals surface area contributed by atoms with Gasteiger partial charge in [-0.1, -0.05) is 15.9 Å². The predicted octanol–water partition coefficient (Wildman–Crippen LogP) is 6.21. The van der Waals surface area contributed by atoms with Gasteiger partial charge in [0, 0.05) is 23.1 Å². The summed E-state index contributed by atoms with van der Waals surface area (Å²) in [5.74, 6) is 2.05. The average Bonchev–Trinajstić information content (AvgIpc) is 3.31. The molecular weight excluding hydrogens is 550 g/mol. The van der Waals surface area contributed by atoms with E-state index in [4.69, 9.17) is 14.2 Å². The second-order valence-corrected chi connectivity index (χ2v) is 10.3. The minimum atomic E-state index is -0.508. The van der Waals surface area contributed by atoms with E-state index in [0.29, 0.717) is 32.1 Å². The van der Waals surface area contributed by atoms with E-state index in [1.165, 1.54) is 0 Å². The van der Waals surface area contributed by atoms with Crippen molar-refractivity contribution in [1.82, 2.24) is 19.9 Å². The van der Waals surface area contributed by atoms with Gasteiger partial charge in [0.2, 0.25) is 5.95 Å². The van der Waals surface area contributed by atoms with E-state index in [1.54, 1.807) is 6.20 Å². The van der Waals surface area contributed by atoms with Gasteiger partial charge in [0.25, 0.3) is 0 Å². The third-order valence-corrected chi connectivity index (χ3v) is 5.59. The number of rotatable bonds is 11. The first-order valence-electron chi connectivity index (χ1n) is 12.4. The van der Waals surface area contributed by atoms with Crippen molar-refractivity contribution in [2.45, 2.75) is 32.8 Å². The van der Waals surface area contributed by atoms with Crippen LogP contribution in [0.15, 0.2) is 66.9 Å². The molecule has 0 aliphatic carbocycles. The number of hydrogen-bond donors (Lipinski definition) is 2. The molecule has 0 bridgehead atoms. The lowest BCUT2D eigenvalue weighted by molar-refractivity contribution is 0.0525. The molecule has 0 saturated carbocycles. The highest BCUT2D eigenvalue weighted by Gasteiger charge is 2.15. The SMILES string of the molecule is CC(C)(C)OC(=O)NCCCOc1ccc(Nc2ncc3ccc(-c4ccc(OCCBr)cc4)n3n2)cc1. The summed E-state index contributed by atoms with van der Waals surface area (Å²) < 4.78 is 18.5. The van der Waals surface area contributed by atoms with Gasteiger partial charge < -0.3 is 24.8 Å². The Morgan fingerprint density at radius 2 is 1.63 bits per heavy atom. The van der Waals surface area contributed by atoms with Crippen LogP contribution in [0.5, 0.6) is 11.5 Å². The number of benzene rings is 2. The van der Waals surface area contributed by atoms with E-state index in [-0.39, 0.29) is 0 Å². The summed E-state index contributed by atoms with van der Waals surface area (Å²) in [6, 6.07) is 19.5. The number of hydrogen-bond acceptors (Lipinski definition) is 7. The fourth-order valence-electron chi connectivity index (χ4n) is 3.59. The van der Waals surface area contributed by atoms with Gasteiger partial charge in [-0.15, -0.1) is 5.10 Å². The molecule has 2 N–H and O–H groups in total. The highest BCUT2D eigenvalue weighted by Crippen LogP contribution is 2.25. The predicted molar refractivity (Wildman–Crippen MR) is 152 cm³/mol. The molecule has 2 aromatic carbocycles. The summed E-state index contributed by atoms with van der Waals surface area (Å²) >= 11 is 3.37. The molecular formula is C28H32BrN5O4. The van der Waals surface area contributed by atoms with Crippen molar-refractivity contribution in [3.05, 3.63) is 66.9 Å². The van der Waals surface area contributed by atoms with E-state index in [0.717, 1.165) is 39.3 Å². The molecule has 200 valence electrons. The highest BCUT2D eigenvalue weighted by molar-refractivity contribution is 9.09. The lowest BCUT2D eigenvalue weighted by atomic mass is 10.1. The molecule has 2 aromatic heterocycles. The van der Waals surface area contributed by atoms with E-state index in [1.807, 2.05) is 86.0 Å². The van der Waals surface area contributed by atoms with Crippen molar-refractivity contribution in [1.29, 1.82) is 0 Å². The van der Waals surface area contributed by atoms with Crippen LogP contribution in [0.25, 0.3) is 16.8 Å². The quantitative estimate of drug-likeness (QED) is 0.160. The molecule has 4 aromatic rings. The molecule has 0 unspecified atom stereocenters. The molecule has 0 aliphatic heterocycles. The van der Waals surface area contributed by atoms with Gasteiger partial charge in [0.15, 0.2) is 0 Å².